The molecule has 0 unspecified atom stereocenters. The summed E-state index contributed by atoms with van der Waals surface area (Å²) >= 11 is 6.22. The maximum atomic E-state index is 13.0. The summed E-state index contributed by atoms with van der Waals surface area (Å²) in [5.41, 5.74) is 6.59. The number of benzene rings is 2. The third kappa shape index (κ3) is 4.33. The van der Waals surface area contributed by atoms with Crippen LogP contribution in [0.25, 0.3) is 22.8 Å². The standard InChI is InChI=1S/C25H22ClN7O2/c1-14-21(30-15(2)22(14)25(35)27-9-10-33-29-13-28-32-33)12-19-23-18(16-5-3-6-17(26)11-16)7-4-8-20(23)31-24(19)34/h3-8,11-13,30H,9-10H2,1-2H3,(H,27,35)(H,31,34). The zero-order valence-electron chi connectivity index (χ0n) is 19.1. The third-order valence-electron chi connectivity index (χ3n) is 5.94. The molecule has 0 saturated carbocycles. The van der Waals surface area contributed by atoms with E-state index in [4.69, 9.17) is 11.6 Å². The lowest BCUT2D eigenvalue weighted by atomic mass is 9.94. The lowest BCUT2D eigenvalue weighted by Crippen LogP contribution is -2.28. The quantitative estimate of drug-likeness (QED) is 0.357. The van der Waals surface area contributed by atoms with Crippen LogP contribution in [0.3, 0.4) is 0 Å². The van der Waals surface area contributed by atoms with Gasteiger partial charge in [-0.3, -0.25) is 9.59 Å². The summed E-state index contributed by atoms with van der Waals surface area (Å²) in [6, 6.07) is 13.3. The number of carbonyl (C=O) groups excluding carboxylic acids is 2. The summed E-state index contributed by atoms with van der Waals surface area (Å²) in [7, 11) is 0. The molecule has 5 rings (SSSR count). The molecule has 1 aliphatic heterocycles. The first-order chi connectivity index (χ1) is 16.9. The van der Waals surface area contributed by atoms with Crippen LogP contribution >= 0.6 is 11.6 Å². The molecule has 3 N–H and O–H groups in total. The second-order valence-electron chi connectivity index (χ2n) is 8.20. The van der Waals surface area contributed by atoms with E-state index in [2.05, 4.69) is 31.0 Å². The van der Waals surface area contributed by atoms with Crippen molar-refractivity contribution in [3.63, 3.8) is 0 Å². The van der Waals surface area contributed by atoms with Crippen LogP contribution in [0.15, 0.2) is 48.8 Å². The number of aryl methyl sites for hydroxylation is 1. The van der Waals surface area contributed by atoms with E-state index in [1.807, 2.05) is 56.3 Å². The van der Waals surface area contributed by atoms with Crippen molar-refractivity contribution >= 4 is 40.8 Å². The lowest BCUT2D eigenvalue weighted by molar-refractivity contribution is -0.110. The van der Waals surface area contributed by atoms with Crippen LogP contribution in [0.2, 0.25) is 5.02 Å². The molecule has 0 spiro atoms. The lowest BCUT2D eigenvalue weighted by Gasteiger charge is -2.09. The monoisotopic (exact) mass is 487 g/mol. The van der Waals surface area contributed by atoms with E-state index in [9.17, 15) is 9.59 Å². The Kier molecular flexibility index (Phi) is 5.92. The van der Waals surface area contributed by atoms with Gasteiger partial charge in [0.1, 0.15) is 0 Å². The van der Waals surface area contributed by atoms with Crippen LogP contribution in [0, 0.1) is 13.8 Å². The Balaban J connectivity index is 1.47. The fourth-order valence-corrected chi connectivity index (χ4v) is 4.53. The van der Waals surface area contributed by atoms with Crippen LogP contribution in [0.4, 0.5) is 5.69 Å². The Labute approximate surface area is 206 Å². The molecule has 2 aromatic carbocycles. The van der Waals surface area contributed by atoms with Gasteiger partial charge in [0, 0.05) is 34.2 Å². The normalized spacial score (nSPS) is 13.7. The van der Waals surface area contributed by atoms with Gasteiger partial charge in [0.05, 0.1) is 17.7 Å². The minimum absolute atomic E-state index is 0.201. The van der Waals surface area contributed by atoms with Crippen molar-refractivity contribution in [1.82, 2.24) is 30.5 Å². The first kappa shape index (κ1) is 22.5. The Morgan fingerprint density at radius 2 is 2.03 bits per heavy atom. The highest BCUT2D eigenvalue weighted by Gasteiger charge is 2.28. The molecule has 1 aliphatic rings. The highest BCUT2D eigenvalue weighted by atomic mass is 35.5. The van der Waals surface area contributed by atoms with Gasteiger partial charge in [-0.05, 0) is 60.0 Å². The molecule has 0 bridgehead atoms. The number of H-pyrrole nitrogens is 1. The predicted molar refractivity (Wildman–Crippen MR) is 134 cm³/mol. The summed E-state index contributed by atoms with van der Waals surface area (Å²) in [4.78, 5) is 30.5. The van der Waals surface area contributed by atoms with Crippen molar-refractivity contribution in [3.8, 4) is 11.1 Å². The highest BCUT2D eigenvalue weighted by molar-refractivity contribution is 6.36. The predicted octanol–water partition coefficient (Wildman–Crippen LogP) is 3.86. The minimum Gasteiger partial charge on any atom is -0.358 e. The number of nitrogens with zero attached hydrogens (tertiary/aromatic N) is 4. The van der Waals surface area contributed by atoms with Crippen molar-refractivity contribution < 1.29 is 9.59 Å². The zero-order valence-corrected chi connectivity index (χ0v) is 19.8. The molecule has 0 fully saturated rings. The number of rotatable bonds is 6. The molecule has 176 valence electrons. The first-order valence-corrected chi connectivity index (χ1v) is 11.4. The molecule has 0 atom stereocenters. The van der Waals surface area contributed by atoms with E-state index in [-0.39, 0.29) is 11.8 Å². The molecule has 9 nitrogen and oxygen atoms in total. The Bertz CT molecular complexity index is 1470. The fourth-order valence-electron chi connectivity index (χ4n) is 4.34. The van der Waals surface area contributed by atoms with E-state index in [0.717, 1.165) is 27.9 Å². The van der Waals surface area contributed by atoms with Crippen LogP contribution < -0.4 is 10.6 Å². The molecule has 3 heterocycles. The summed E-state index contributed by atoms with van der Waals surface area (Å²) in [5.74, 6) is -0.413. The Morgan fingerprint density at radius 1 is 1.20 bits per heavy atom. The van der Waals surface area contributed by atoms with Crippen LogP contribution in [-0.2, 0) is 11.3 Å². The topological polar surface area (TPSA) is 118 Å². The van der Waals surface area contributed by atoms with E-state index < -0.39 is 0 Å². The maximum absolute atomic E-state index is 13.0. The first-order valence-electron chi connectivity index (χ1n) is 11.0. The minimum atomic E-state index is -0.211. The van der Waals surface area contributed by atoms with Crippen LogP contribution in [-0.4, -0.2) is 43.6 Å². The van der Waals surface area contributed by atoms with Crippen molar-refractivity contribution in [1.29, 1.82) is 0 Å². The zero-order chi connectivity index (χ0) is 24.5. The molecular formula is C25H22ClN7O2. The van der Waals surface area contributed by atoms with Gasteiger partial charge in [-0.1, -0.05) is 35.9 Å². The highest BCUT2D eigenvalue weighted by Crippen LogP contribution is 2.41. The SMILES string of the molecule is Cc1[nH]c(C=C2C(=O)Nc3cccc(-c4cccc(Cl)c4)c32)c(C)c1C(=O)NCCn1ncnn1. The smallest absolute Gasteiger partial charge is 0.256 e. The van der Waals surface area contributed by atoms with Gasteiger partial charge in [-0.25, -0.2) is 0 Å². The number of anilines is 1. The van der Waals surface area contributed by atoms with Crippen molar-refractivity contribution in [2.45, 2.75) is 20.4 Å². The molecule has 4 aromatic rings. The van der Waals surface area contributed by atoms with E-state index in [1.54, 1.807) is 6.08 Å². The Morgan fingerprint density at radius 3 is 2.80 bits per heavy atom. The fraction of sp³-hybridized carbons (Fsp3) is 0.160. The summed E-state index contributed by atoms with van der Waals surface area (Å²) in [6.07, 6.45) is 3.14. The number of halogens is 1. The molecule has 0 radical (unpaired) electrons. The largest absolute Gasteiger partial charge is 0.358 e. The number of hydrogen-bond donors (Lipinski definition) is 3. The van der Waals surface area contributed by atoms with Gasteiger partial charge in [-0.2, -0.15) is 4.80 Å². The number of nitrogens with one attached hydrogen (secondary N) is 3. The number of amides is 2. The molecule has 35 heavy (non-hydrogen) atoms. The van der Waals surface area contributed by atoms with E-state index in [1.165, 1.54) is 11.1 Å². The number of carbonyl (C=O) groups is 2. The second kappa shape index (κ2) is 9.19. The molecule has 0 saturated heterocycles. The number of fused-ring (bicyclic) bond motifs is 1. The van der Waals surface area contributed by atoms with Gasteiger partial charge >= 0.3 is 0 Å². The molecule has 2 amide bonds. The number of aromatic amines is 1. The molecule has 2 aromatic heterocycles. The molecule has 10 heteroatoms. The summed E-state index contributed by atoms with van der Waals surface area (Å²) in [6.45, 7) is 4.46. The average Bonchev–Trinajstić information content (AvgIpc) is 3.52. The third-order valence-corrected chi connectivity index (χ3v) is 6.18. The van der Waals surface area contributed by atoms with Gasteiger partial charge in [0.2, 0.25) is 0 Å². The Hall–Kier alpha value is -4.24. The van der Waals surface area contributed by atoms with E-state index in [0.29, 0.717) is 40.6 Å². The van der Waals surface area contributed by atoms with Gasteiger partial charge in [0.25, 0.3) is 11.8 Å². The maximum Gasteiger partial charge on any atom is 0.256 e. The second-order valence-corrected chi connectivity index (χ2v) is 8.64. The number of hydrogen-bond acceptors (Lipinski definition) is 5. The van der Waals surface area contributed by atoms with Crippen LogP contribution in [0.1, 0.15) is 32.9 Å². The molecular weight excluding hydrogens is 466 g/mol. The summed E-state index contributed by atoms with van der Waals surface area (Å²) < 4.78 is 0. The van der Waals surface area contributed by atoms with Crippen molar-refractivity contribution in [3.05, 3.63) is 81.9 Å². The van der Waals surface area contributed by atoms with Gasteiger partial charge < -0.3 is 15.6 Å². The number of aromatic nitrogens is 5. The van der Waals surface area contributed by atoms with Gasteiger partial charge in [0.15, 0.2) is 6.33 Å². The van der Waals surface area contributed by atoms with Crippen molar-refractivity contribution in [2.24, 2.45) is 0 Å². The van der Waals surface area contributed by atoms with Crippen molar-refractivity contribution in [2.75, 3.05) is 11.9 Å². The average molecular weight is 488 g/mol. The van der Waals surface area contributed by atoms with E-state index >= 15 is 0 Å². The van der Waals surface area contributed by atoms with Gasteiger partial charge in [-0.15, -0.1) is 10.2 Å². The summed E-state index contributed by atoms with van der Waals surface area (Å²) in [5, 5.41) is 17.8. The number of tetrazole rings is 1. The molecule has 0 aliphatic carbocycles. The van der Waals surface area contributed by atoms with Crippen LogP contribution in [0.5, 0.6) is 0 Å².